The van der Waals surface area contributed by atoms with Gasteiger partial charge in [-0.2, -0.15) is 0 Å². The number of rotatable bonds is 9. The molecule has 1 unspecified atom stereocenters. The first-order valence-corrected chi connectivity index (χ1v) is 10.9. The van der Waals surface area contributed by atoms with E-state index in [0.29, 0.717) is 34.0 Å². The number of benzene rings is 2. The number of carbonyl (C=O) groups is 1. The number of hydrogen-bond donors (Lipinski definition) is 1. The van der Waals surface area contributed by atoms with Crippen molar-refractivity contribution in [2.24, 2.45) is 0 Å². The lowest BCUT2D eigenvalue weighted by molar-refractivity contribution is -0.113. The van der Waals surface area contributed by atoms with Crippen LogP contribution in [0.25, 0.3) is 0 Å². The molecule has 0 fully saturated rings. The quantitative estimate of drug-likeness (QED) is 0.340. The van der Waals surface area contributed by atoms with E-state index in [1.807, 2.05) is 23.6 Å². The van der Waals surface area contributed by atoms with Gasteiger partial charge in [0.1, 0.15) is 11.6 Å². The highest BCUT2D eigenvalue weighted by Crippen LogP contribution is 2.29. The van der Waals surface area contributed by atoms with Gasteiger partial charge in [0.2, 0.25) is 5.91 Å². The Morgan fingerprint density at radius 3 is 2.87 bits per heavy atom. The van der Waals surface area contributed by atoms with E-state index in [9.17, 15) is 9.18 Å². The van der Waals surface area contributed by atoms with Gasteiger partial charge in [0, 0.05) is 12.2 Å². The molecule has 6 nitrogen and oxygen atoms in total. The Labute approximate surface area is 189 Å². The van der Waals surface area contributed by atoms with Gasteiger partial charge >= 0.3 is 0 Å². The standard InChI is InChI=1S/C22H22ClFN4O2S/c1-4-11-28-21(15(3)30-19-8-6-5-7-17(19)23)26-27-22(28)31-13-20(29)25-18-12-16(24)10-9-14(18)2/h4-10,12,15H,1,11,13H2,2-3H3,(H,25,29). The first-order valence-electron chi connectivity index (χ1n) is 9.53. The van der Waals surface area contributed by atoms with E-state index in [2.05, 4.69) is 22.1 Å². The Hall–Kier alpha value is -2.84. The van der Waals surface area contributed by atoms with Crippen molar-refractivity contribution in [3.63, 3.8) is 0 Å². The molecule has 0 spiro atoms. The van der Waals surface area contributed by atoms with E-state index in [4.69, 9.17) is 16.3 Å². The molecule has 0 aliphatic heterocycles. The van der Waals surface area contributed by atoms with Crippen molar-refractivity contribution < 1.29 is 13.9 Å². The lowest BCUT2D eigenvalue weighted by Crippen LogP contribution is -2.16. The van der Waals surface area contributed by atoms with Crippen LogP contribution < -0.4 is 10.1 Å². The summed E-state index contributed by atoms with van der Waals surface area (Å²) in [6.07, 6.45) is 1.29. The molecule has 31 heavy (non-hydrogen) atoms. The summed E-state index contributed by atoms with van der Waals surface area (Å²) in [5.74, 6) is 0.545. The zero-order valence-electron chi connectivity index (χ0n) is 17.1. The molecule has 0 saturated heterocycles. The number of amides is 1. The highest BCUT2D eigenvalue weighted by molar-refractivity contribution is 7.99. The molecule has 2 aromatic carbocycles. The third-order valence-corrected chi connectivity index (χ3v) is 5.65. The number of thioether (sulfide) groups is 1. The molecule has 1 N–H and O–H groups in total. The monoisotopic (exact) mass is 460 g/mol. The molecule has 1 aromatic heterocycles. The van der Waals surface area contributed by atoms with E-state index >= 15 is 0 Å². The molecule has 9 heteroatoms. The second-order valence-electron chi connectivity index (χ2n) is 6.73. The average molecular weight is 461 g/mol. The largest absolute Gasteiger partial charge is 0.481 e. The summed E-state index contributed by atoms with van der Waals surface area (Å²) in [6, 6.07) is 11.5. The third kappa shape index (κ3) is 5.86. The van der Waals surface area contributed by atoms with Gasteiger partial charge in [-0.15, -0.1) is 16.8 Å². The molecular formula is C22H22ClFN4O2S. The van der Waals surface area contributed by atoms with E-state index in [1.54, 1.807) is 31.2 Å². The predicted octanol–water partition coefficient (Wildman–Crippen LogP) is 5.44. The van der Waals surface area contributed by atoms with Crippen LogP contribution in [0, 0.1) is 12.7 Å². The number of hydrogen-bond acceptors (Lipinski definition) is 5. The summed E-state index contributed by atoms with van der Waals surface area (Å²) in [4.78, 5) is 12.4. The zero-order valence-corrected chi connectivity index (χ0v) is 18.7. The highest BCUT2D eigenvalue weighted by atomic mass is 35.5. The zero-order chi connectivity index (χ0) is 22.4. The number of allylic oxidation sites excluding steroid dienone is 1. The predicted molar refractivity (Wildman–Crippen MR) is 121 cm³/mol. The van der Waals surface area contributed by atoms with Crippen LogP contribution in [0.4, 0.5) is 10.1 Å². The van der Waals surface area contributed by atoms with Crippen molar-refractivity contribution in [2.45, 2.75) is 31.7 Å². The molecule has 0 aliphatic rings. The number of anilines is 1. The van der Waals surface area contributed by atoms with Gasteiger partial charge in [-0.05, 0) is 43.7 Å². The van der Waals surface area contributed by atoms with Crippen LogP contribution in [-0.4, -0.2) is 26.4 Å². The van der Waals surface area contributed by atoms with E-state index in [1.165, 1.54) is 23.9 Å². The normalized spacial score (nSPS) is 11.7. The minimum atomic E-state index is -0.425. The molecule has 1 amide bonds. The molecule has 3 rings (SSSR count). The second-order valence-corrected chi connectivity index (χ2v) is 8.08. The molecule has 0 bridgehead atoms. The lowest BCUT2D eigenvalue weighted by Gasteiger charge is -2.16. The Bertz CT molecular complexity index is 1090. The van der Waals surface area contributed by atoms with Crippen LogP contribution in [0.5, 0.6) is 5.75 Å². The smallest absolute Gasteiger partial charge is 0.234 e. The van der Waals surface area contributed by atoms with E-state index < -0.39 is 11.9 Å². The topological polar surface area (TPSA) is 69.0 Å². The van der Waals surface area contributed by atoms with Crippen LogP contribution >= 0.6 is 23.4 Å². The fraction of sp³-hybridized carbons (Fsp3) is 0.227. The van der Waals surface area contributed by atoms with Gasteiger partial charge < -0.3 is 10.1 Å². The second kappa shape index (κ2) is 10.5. The maximum absolute atomic E-state index is 13.4. The average Bonchev–Trinajstić information content (AvgIpc) is 3.14. The van der Waals surface area contributed by atoms with E-state index in [0.717, 1.165) is 5.56 Å². The Morgan fingerprint density at radius 2 is 2.13 bits per heavy atom. The van der Waals surface area contributed by atoms with E-state index in [-0.39, 0.29) is 11.7 Å². The molecule has 1 atom stereocenters. The number of nitrogens with zero attached hydrogens (tertiary/aromatic N) is 3. The number of ether oxygens (including phenoxy) is 1. The first kappa shape index (κ1) is 22.8. The number of halogens is 2. The van der Waals surface area contributed by atoms with Crippen LogP contribution in [0.3, 0.4) is 0 Å². The fourth-order valence-corrected chi connectivity index (χ4v) is 3.77. The van der Waals surface area contributed by atoms with Crippen molar-refractivity contribution in [1.29, 1.82) is 0 Å². The van der Waals surface area contributed by atoms with Gasteiger partial charge in [0.25, 0.3) is 0 Å². The van der Waals surface area contributed by atoms with Crippen LogP contribution in [0.1, 0.15) is 24.4 Å². The Balaban J connectivity index is 1.69. The number of aromatic nitrogens is 3. The molecule has 0 saturated carbocycles. The van der Waals surface area contributed by atoms with Crippen LogP contribution in [-0.2, 0) is 11.3 Å². The number of carbonyl (C=O) groups excluding carboxylic acids is 1. The lowest BCUT2D eigenvalue weighted by atomic mass is 10.2. The number of aryl methyl sites for hydroxylation is 1. The van der Waals surface area contributed by atoms with Gasteiger partial charge in [-0.1, -0.05) is 47.6 Å². The minimum absolute atomic E-state index is 0.0883. The SMILES string of the molecule is C=CCn1c(SCC(=O)Nc2cc(F)ccc2C)nnc1C(C)Oc1ccccc1Cl. The molecule has 3 aromatic rings. The Kier molecular flexibility index (Phi) is 7.70. The van der Waals surface area contributed by atoms with Gasteiger partial charge in [0.05, 0.1) is 10.8 Å². The number of nitrogens with one attached hydrogen (secondary N) is 1. The first-order chi connectivity index (χ1) is 14.9. The highest BCUT2D eigenvalue weighted by Gasteiger charge is 2.20. The van der Waals surface area contributed by atoms with Gasteiger partial charge in [-0.25, -0.2) is 4.39 Å². The number of para-hydroxylation sites is 1. The van der Waals surface area contributed by atoms with Crippen LogP contribution in [0.15, 0.2) is 60.3 Å². The van der Waals surface area contributed by atoms with Crippen molar-refractivity contribution in [3.05, 3.63) is 77.3 Å². The summed E-state index contributed by atoms with van der Waals surface area (Å²) < 4.78 is 21.2. The maximum atomic E-state index is 13.4. The molecule has 0 radical (unpaired) electrons. The van der Waals surface area contributed by atoms with Gasteiger partial charge in [-0.3, -0.25) is 9.36 Å². The Morgan fingerprint density at radius 1 is 1.35 bits per heavy atom. The fourth-order valence-electron chi connectivity index (χ4n) is 2.84. The third-order valence-electron chi connectivity index (χ3n) is 4.37. The van der Waals surface area contributed by atoms with Gasteiger partial charge in [0.15, 0.2) is 17.1 Å². The summed E-state index contributed by atoms with van der Waals surface area (Å²) >= 11 is 7.40. The van der Waals surface area contributed by atoms with Crippen molar-refractivity contribution >= 4 is 35.0 Å². The summed E-state index contributed by atoms with van der Waals surface area (Å²) in [5, 5.41) is 12.2. The van der Waals surface area contributed by atoms with Crippen molar-refractivity contribution in [1.82, 2.24) is 14.8 Å². The molecule has 1 heterocycles. The summed E-state index contributed by atoms with van der Waals surface area (Å²) in [5.41, 5.74) is 1.23. The summed E-state index contributed by atoms with van der Waals surface area (Å²) in [6.45, 7) is 7.88. The van der Waals surface area contributed by atoms with Crippen molar-refractivity contribution in [3.8, 4) is 5.75 Å². The molecule has 162 valence electrons. The van der Waals surface area contributed by atoms with Crippen LogP contribution in [0.2, 0.25) is 5.02 Å². The minimum Gasteiger partial charge on any atom is -0.481 e. The maximum Gasteiger partial charge on any atom is 0.234 e. The molecular weight excluding hydrogens is 439 g/mol. The molecule has 0 aliphatic carbocycles. The summed E-state index contributed by atoms with van der Waals surface area (Å²) in [7, 11) is 0. The van der Waals surface area contributed by atoms with Crippen molar-refractivity contribution in [2.75, 3.05) is 11.1 Å².